The molecule has 0 unspecified atom stereocenters. The average molecular weight is 252 g/mol. The van der Waals surface area contributed by atoms with Crippen molar-refractivity contribution in [3.8, 4) is 0 Å². The Hall–Kier alpha value is 0.400. The Labute approximate surface area is 90.8 Å². The smallest absolute Gasteiger partial charge is 0.0478 e. The molecule has 0 bridgehead atoms. The van der Waals surface area contributed by atoms with E-state index in [4.69, 9.17) is 4.74 Å². The first-order chi connectivity index (χ1) is 6.35. The van der Waals surface area contributed by atoms with Crippen LogP contribution in [-0.4, -0.2) is 43.1 Å². The van der Waals surface area contributed by atoms with Crippen LogP contribution in [0.4, 0.5) is 0 Å². The molecule has 0 aromatic heterocycles. The predicted octanol–water partition coefficient (Wildman–Crippen LogP) is 2.52. The van der Waals surface area contributed by atoms with Gasteiger partial charge in [0.25, 0.3) is 0 Å². The van der Waals surface area contributed by atoms with Crippen LogP contribution >= 0.6 is 15.9 Å². The molecule has 0 aliphatic carbocycles. The van der Waals surface area contributed by atoms with Crippen LogP contribution in [0.15, 0.2) is 0 Å². The summed E-state index contributed by atoms with van der Waals surface area (Å²) in [7, 11) is 0. The normalized spacial score (nSPS) is 11.1. The van der Waals surface area contributed by atoms with E-state index < -0.39 is 0 Å². The van der Waals surface area contributed by atoms with E-state index >= 15 is 0 Å². The molecule has 0 saturated heterocycles. The van der Waals surface area contributed by atoms with Gasteiger partial charge in [0, 0.05) is 31.6 Å². The summed E-state index contributed by atoms with van der Waals surface area (Å²) in [5, 5.41) is 1.07. The van der Waals surface area contributed by atoms with E-state index in [-0.39, 0.29) is 0 Å². The first kappa shape index (κ1) is 13.4. The van der Waals surface area contributed by atoms with Crippen molar-refractivity contribution in [2.45, 2.75) is 26.7 Å². The van der Waals surface area contributed by atoms with E-state index in [0.29, 0.717) is 0 Å². The van der Waals surface area contributed by atoms with Crippen LogP contribution in [-0.2, 0) is 4.74 Å². The molecule has 3 heteroatoms. The molecule has 13 heavy (non-hydrogen) atoms. The van der Waals surface area contributed by atoms with E-state index in [0.717, 1.165) is 31.5 Å². The van der Waals surface area contributed by atoms with Gasteiger partial charge in [0.1, 0.15) is 0 Å². The predicted molar refractivity (Wildman–Crippen MR) is 61.6 cm³/mol. The molecule has 0 N–H and O–H groups in total. The Kier molecular flexibility index (Phi) is 10.8. The Morgan fingerprint density at radius 1 is 1.15 bits per heavy atom. The minimum Gasteiger partial charge on any atom is -0.382 e. The number of hydrogen-bond acceptors (Lipinski definition) is 2. The third-order valence-corrected chi connectivity index (χ3v) is 2.26. The summed E-state index contributed by atoms with van der Waals surface area (Å²) in [4.78, 5) is 2.48. The van der Waals surface area contributed by atoms with Crippen LogP contribution in [0.5, 0.6) is 0 Å². The molecule has 0 amide bonds. The van der Waals surface area contributed by atoms with E-state index in [2.05, 4.69) is 27.8 Å². The van der Waals surface area contributed by atoms with Gasteiger partial charge in [-0.25, -0.2) is 0 Å². The minimum absolute atomic E-state index is 0.840. The number of rotatable bonds is 9. The first-order valence-corrected chi connectivity index (χ1v) is 6.33. The van der Waals surface area contributed by atoms with Crippen molar-refractivity contribution in [2.24, 2.45) is 0 Å². The van der Waals surface area contributed by atoms with Gasteiger partial charge in [-0.2, -0.15) is 0 Å². The summed E-state index contributed by atoms with van der Waals surface area (Å²) in [5.74, 6) is 0. The van der Waals surface area contributed by atoms with Crippen molar-refractivity contribution in [2.75, 3.05) is 38.2 Å². The lowest BCUT2D eigenvalue weighted by molar-refractivity contribution is 0.133. The molecule has 0 rings (SSSR count). The van der Waals surface area contributed by atoms with Crippen molar-refractivity contribution in [1.29, 1.82) is 0 Å². The van der Waals surface area contributed by atoms with Gasteiger partial charge in [-0.05, 0) is 26.3 Å². The lowest BCUT2D eigenvalue weighted by Crippen LogP contribution is -2.28. The molecular formula is C10H22BrNO. The maximum absolute atomic E-state index is 5.30. The van der Waals surface area contributed by atoms with Crippen LogP contribution in [0.2, 0.25) is 0 Å². The summed E-state index contributed by atoms with van der Waals surface area (Å²) in [6, 6.07) is 0. The highest BCUT2D eigenvalue weighted by Crippen LogP contribution is 1.96. The monoisotopic (exact) mass is 251 g/mol. The zero-order chi connectivity index (χ0) is 9.94. The van der Waals surface area contributed by atoms with Crippen molar-refractivity contribution in [3.05, 3.63) is 0 Å². The summed E-state index contributed by atoms with van der Waals surface area (Å²) in [5.41, 5.74) is 0. The molecule has 0 spiro atoms. The van der Waals surface area contributed by atoms with Gasteiger partial charge < -0.3 is 9.64 Å². The van der Waals surface area contributed by atoms with Gasteiger partial charge in [-0.1, -0.05) is 22.9 Å². The molecule has 0 aliphatic heterocycles. The molecule has 0 fully saturated rings. The van der Waals surface area contributed by atoms with Gasteiger partial charge in [-0.15, -0.1) is 0 Å². The van der Waals surface area contributed by atoms with Crippen LogP contribution in [0.3, 0.4) is 0 Å². The Bertz CT molecular complexity index is 94.9. The van der Waals surface area contributed by atoms with Crippen LogP contribution in [0.1, 0.15) is 26.7 Å². The molecule has 0 atom stereocenters. The molecule has 2 nitrogen and oxygen atoms in total. The van der Waals surface area contributed by atoms with Crippen LogP contribution in [0, 0.1) is 0 Å². The second kappa shape index (κ2) is 10.5. The second-order valence-corrected chi connectivity index (χ2v) is 3.87. The number of nitrogens with zero attached hydrogens (tertiary/aromatic N) is 1. The maximum atomic E-state index is 5.30. The van der Waals surface area contributed by atoms with Gasteiger partial charge in [0.2, 0.25) is 0 Å². The molecule has 0 radical (unpaired) electrons. The Morgan fingerprint density at radius 2 is 1.92 bits per heavy atom. The summed E-state index contributed by atoms with van der Waals surface area (Å²) >= 11 is 3.47. The Balaban J connectivity index is 3.33. The van der Waals surface area contributed by atoms with E-state index in [1.54, 1.807) is 0 Å². The van der Waals surface area contributed by atoms with E-state index in [1.165, 1.54) is 19.5 Å². The summed E-state index contributed by atoms with van der Waals surface area (Å²) in [6.07, 6.45) is 2.39. The van der Waals surface area contributed by atoms with Gasteiger partial charge >= 0.3 is 0 Å². The van der Waals surface area contributed by atoms with Gasteiger partial charge in [0.15, 0.2) is 0 Å². The van der Waals surface area contributed by atoms with Crippen molar-refractivity contribution >= 4 is 15.9 Å². The number of hydrogen-bond donors (Lipinski definition) is 0. The third-order valence-electron chi connectivity index (χ3n) is 1.91. The van der Waals surface area contributed by atoms with Crippen LogP contribution < -0.4 is 0 Å². The zero-order valence-electron chi connectivity index (χ0n) is 8.89. The number of alkyl halides is 1. The average Bonchev–Trinajstić information content (AvgIpc) is 2.13. The summed E-state index contributed by atoms with van der Waals surface area (Å²) in [6.45, 7) is 9.54. The fourth-order valence-corrected chi connectivity index (χ4v) is 1.81. The highest BCUT2D eigenvalue weighted by Gasteiger charge is 2.01. The first-order valence-electron chi connectivity index (χ1n) is 5.21. The molecule has 0 aromatic rings. The topological polar surface area (TPSA) is 12.5 Å². The molecule has 0 saturated carbocycles. The zero-order valence-corrected chi connectivity index (χ0v) is 10.5. The standard InChI is InChI=1S/C10H22BrNO/c1-3-7-12(9-6-11)8-5-10-13-4-2/h3-10H2,1-2H3. The molecular weight excluding hydrogens is 230 g/mol. The SMILES string of the molecule is CCCN(CCBr)CCCOCC. The fraction of sp³-hybridized carbons (Fsp3) is 1.00. The lowest BCUT2D eigenvalue weighted by Gasteiger charge is -2.20. The molecule has 80 valence electrons. The third kappa shape index (κ3) is 8.72. The highest BCUT2D eigenvalue weighted by atomic mass is 79.9. The van der Waals surface area contributed by atoms with Crippen molar-refractivity contribution < 1.29 is 4.74 Å². The van der Waals surface area contributed by atoms with Crippen molar-refractivity contribution in [3.63, 3.8) is 0 Å². The summed E-state index contributed by atoms with van der Waals surface area (Å²) < 4.78 is 5.30. The molecule has 0 heterocycles. The minimum atomic E-state index is 0.840. The lowest BCUT2D eigenvalue weighted by atomic mass is 10.3. The number of halogens is 1. The maximum Gasteiger partial charge on any atom is 0.0478 e. The largest absolute Gasteiger partial charge is 0.382 e. The quantitative estimate of drug-likeness (QED) is 0.462. The Morgan fingerprint density at radius 3 is 2.46 bits per heavy atom. The van der Waals surface area contributed by atoms with E-state index in [1.807, 2.05) is 6.92 Å². The molecule has 0 aromatic carbocycles. The van der Waals surface area contributed by atoms with Gasteiger partial charge in [0.05, 0.1) is 0 Å². The highest BCUT2D eigenvalue weighted by molar-refractivity contribution is 9.09. The van der Waals surface area contributed by atoms with Crippen molar-refractivity contribution in [1.82, 2.24) is 4.90 Å². The van der Waals surface area contributed by atoms with E-state index in [9.17, 15) is 0 Å². The molecule has 0 aliphatic rings. The van der Waals surface area contributed by atoms with Crippen LogP contribution in [0.25, 0.3) is 0 Å². The van der Waals surface area contributed by atoms with Gasteiger partial charge in [-0.3, -0.25) is 0 Å². The second-order valence-electron chi connectivity index (χ2n) is 3.08. The number of ether oxygens (including phenoxy) is 1. The fourth-order valence-electron chi connectivity index (χ4n) is 1.31.